The van der Waals surface area contributed by atoms with E-state index in [1.807, 2.05) is 30.5 Å². The number of hydrogen-bond acceptors (Lipinski definition) is 4. The third-order valence-electron chi connectivity index (χ3n) is 4.25. The molecule has 0 radical (unpaired) electrons. The summed E-state index contributed by atoms with van der Waals surface area (Å²) in [5, 5.41) is 7.48. The van der Waals surface area contributed by atoms with E-state index in [1.54, 1.807) is 0 Å². The van der Waals surface area contributed by atoms with Gasteiger partial charge in [-0.15, -0.1) is 0 Å². The van der Waals surface area contributed by atoms with E-state index in [0.717, 1.165) is 53.7 Å². The van der Waals surface area contributed by atoms with Crippen molar-refractivity contribution in [3.05, 3.63) is 35.0 Å². The van der Waals surface area contributed by atoms with Crippen LogP contribution in [-0.2, 0) is 4.79 Å². The quantitative estimate of drug-likeness (QED) is 0.908. The van der Waals surface area contributed by atoms with Crippen molar-refractivity contribution in [1.29, 1.82) is 0 Å². The Hall–Kier alpha value is -1.79. The molecule has 1 fully saturated rings. The van der Waals surface area contributed by atoms with Gasteiger partial charge in [0, 0.05) is 6.54 Å². The first-order valence-electron chi connectivity index (χ1n) is 7.66. The number of imidazole rings is 1. The number of pyridine rings is 1. The van der Waals surface area contributed by atoms with Gasteiger partial charge in [0.15, 0.2) is 0 Å². The van der Waals surface area contributed by atoms with Crippen LogP contribution in [0.15, 0.2) is 34.3 Å². The van der Waals surface area contributed by atoms with Crippen LogP contribution >= 0.6 is 11.8 Å². The molecule has 2 aliphatic rings. The number of aromatic nitrogens is 2. The Labute approximate surface area is 133 Å². The van der Waals surface area contributed by atoms with Gasteiger partial charge in [-0.2, -0.15) is 0 Å². The number of amides is 1. The van der Waals surface area contributed by atoms with E-state index in [9.17, 15) is 4.79 Å². The van der Waals surface area contributed by atoms with Gasteiger partial charge in [0.2, 0.25) is 0 Å². The lowest BCUT2D eigenvalue weighted by molar-refractivity contribution is -0.116. The smallest absolute Gasteiger partial charge is 0.258 e. The first kappa shape index (κ1) is 13.8. The number of hydrogen-bond donors (Lipinski definition) is 2. The standard InChI is InChI=1S/C16H18N4OS/c21-16(19-9-11-4-6-17-7-5-11)13-8-12-10-18-14-2-1-3-15(22-13)20(12)14/h1-3,8,10-11,17H,4-7,9H2,(H,19,21). The lowest BCUT2D eigenvalue weighted by atomic mass is 9.98. The molecule has 4 heterocycles. The molecule has 0 unspecified atom stereocenters. The Bertz CT molecular complexity index is 746. The first-order valence-corrected chi connectivity index (χ1v) is 8.48. The molecule has 0 aromatic carbocycles. The molecular weight excluding hydrogens is 296 g/mol. The molecule has 2 aromatic heterocycles. The molecule has 1 amide bonds. The molecule has 0 atom stereocenters. The van der Waals surface area contributed by atoms with Crippen molar-refractivity contribution in [2.75, 3.05) is 19.6 Å². The molecule has 0 bridgehead atoms. The average molecular weight is 314 g/mol. The Balaban J connectivity index is 1.49. The van der Waals surface area contributed by atoms with Crippen molar-refractivity contribution in [2.24, 2.45) is 5.92 Å². The van der Waals surface area contributed by atoms with Crippen LogP contribution in [0, 0.1) is 5.92 Å². The maximum absolute atomic E-state index is 12.4. The van der Waals surface area contributed by atoms with Gasteiger partial charge in [0.25, 0.3) is 5.91 Å². The molecule has 0 spiro atoms. The van der Waals surface area contributed by atoms with E-state index in [2.05, 4.69) is 20.0 Å². The van der Waals surface area contributed by atoms with E-state index in [-0.39, 0.29) is 5.91 Å². The van der Waals surface area contributed by atoms with Gasteiger partial charge in [-0.05, 0) is 50.1 Å². The Kier molecular flexibility index (Phi) is 3.63. The Morgan fingerprint density at radius 2 is 2.27 bits per heavy atom. The second-order valence-corrected chi connectivity index (χ2v) is 6.82. The van der Waals surface area contributed by atoms with Gasteiger partial charge in [-0.3, -0.25) is 9.20 Å². The number of carbonyl (C=O) groups is 1. The molecule has 0 saturated carbocycles. The predicted molar refractivity (Wildman–Crippen MR) is 87.6 cm³/mol. The monoisotopic (exact) mass is 314 g/mol. The molecule has 2 aliphatic heterocycles. The lowest BCUT2D eigenvalue weighted by Crippen LogP contribution is -2.36. The van der Waals surface area contributed by atoms with Crippen molar-refractivity contribution in [1.82, 2.24) is 20.0 Å². The molecule has 2 aromatic rings. The molecule has 114 valence electrons. The van der Waals surface area contributed by atoms with E-state index in [0.29, 0.717) is 5.92 Å². The fourth-order valence-corrected chi connectivity index (χ4v) is 4.02. The van der Waals surface area contributed by atoms with Gasteiger partial charge in [-0.25, -0.2) is 4.98 Å². The lowest BCUT2D eigenvalue weighted by Gasteiger charge is -2.23. The average Bonchev–Trinajstić information content (AvgIpc) is 2.98. The second kappa shape index (κ2) is 5.78. The van der Waals surface area contributed by atoms with Crippen LogP contribution in [0.1, 0.15) is 18.5 Å². The zero-order valence-corrected chi connectivity index (χ0v) is 13.0. The normalized spacial score (nSPS) is 18.3. The molecule has 5 nitrogen and oxygen atoms in total. The topological polar surface area (TPSA) is 58.4 Å². The molecular formula is C16H18N4OS. The largest absolute Gasteiger partial charge is 0.351 e. The highest BCUT2D eigenvalue weighted by atomic mass is 32.2. The minimum absolute atomic E-state index is 0.0213. The van der Waals surface area contributed by atoms with Crippen LogP contribution in [-0.4, -0.2) is 34.9 Å². The first-order chi connectivity index (χ1) is 10.8. The highest BCUT2D eigenvalue weighted by Crippen LogP contribution is 2.34. The third-order valence-corrected chi connectivity index (χ3v) is 5.30. The van der Waals surface area contributed by atoms with Crippen LogP contribution in [0.2, 0.25) is 0 Å². The number of nitrogens with zero attached hydrogens (tertiary/aromatic N) is 2. The Morgan fingerprint density at radius 1 is 1.41 bits per heavy atom. The number of rotatable bonds is 3. The summed E-state index contributed by atoms with van der Waals surface area (Å²) in [6.45, 7) is 2.88. The van der Waals surface area contributed by atoms with Crippen molar-refractivity contribution >= 4 is 29.4 Å². The summed E-state index contributed by atoms with van der Waals surface area (Å²) < 4.78 is 2.08. The van der Waals surface area contributed by atoms with Crippen LogP contribution < -0.4 is 10.6 Å². The molecule has 6 heteroatoms. The summed E-state index contributed by atoms with van der Waals surface area (Å²) in [7, 11) is 0. The highest BCUT2D eigenvalue weighted by molar-refractivity contribution is 8.04. The van der Waals surface area contributed by atoms with E-state index >= 15 is 0 Å². The van der Waals surface area contributed by atoms with Gasteiger partial charge < -0.3 is 10.6 Å². The second-order valence-electron chi connectivity index (χ2n) is 5.75. The van der Waals surface area contributed by atoms with Gasteiger partial charge >= 0.3 is 0 Å². The van der Waals surface area contributed by atoms with Gasteiger partial charge in [0.1, 0.15) is 5.65 Å². The van der Waals surface area contributed by atoms with E-state index < -0.39 is 0 Å². The third kappa shape index (κ3) is 2.53. The molecule has 1 saturated heterocycles. The molecule has 2 N–H and O–H groups in total. The molecule has 22 heavy (non-hydrogen) atoms. The number of thioether (sulfide) groups is 1. The molecule has 0 aliphatic carbocycles. The summed E-state index contributed by atoms with van der Waals surface area (Å²) in [5.74, 6) is 0.612. The zero-order valence-electron chi connectivity index (χ0n) is 12.2. The summed E-state index contributed by atoms with van der Waals surface area (Å²) in [5.41, 5.74) is 1.89. The van der Waals surface area contributed by atoms with Gasteiger partial charge in [0.05, 0.1) is 21.8 Å². The maximum atomic E-state index is 12.4. The van der Waals surface area contributed by atoms with Crippen molar-refractivity contribution in [3.63, 3.8) is 0 Å². The molecule has 4 rings (SSSR count). The van der Waals surface area contributed by atoms with Crippen molar-refractivity contribution < 1.29 is 4.79 Å². The summed E-state index contributed by atoms with van der Waals surface area (Å²) in [6, 6.07) is 5.98. The zero-order chi connectivity index (χ0) is 14.9. The minimum Gasteiger partial charge on any atom is -0.351 e. The van der Waals surface area contributed by atoms with Crippen LogP contribution in [0.5, 0.6) is 0 Å². The highest BCUT2D eigenvalue weighted by Gasteiger charge is 2.21. The fourth-order valence-electron chi connectivity index (χ4n) is 3.01. The number of carbonyl (C=O) groups excluding carboxylic acids is 1. The number of piperidine rings is 1. The summed E-state index contributed by atoms with van der Waals surface area (Å²) in [4.78, 5) is 17.6. The SMILES string of the molecule is O=C(NCC1CCNCC1)C1=Cc2cnc3cccc(n23)S1. The summed E-state index contributed by atoms with van der Waals surface area (Å²) >= 11 is 1.51. The van der Waals surface area contributed by atoms with E-state index in [1.165, 1.54) is 11.8 Å². The van der Waals surface area contributed by atoms with E-state index in [4.69, 9.17) is 0 Å². The maximum Gasteiger partial charge on any atom is 0.258 e. The Morgan fingerprint density at radius 3 is 3.14 bits per heavy atom. The van der Waals surface area contributed by atoms with Crippen molar-refractivity contribution in [3.8, 4) is 0 Å². The van der Waals surface area contributed by atoms with Crippen LogP contribution in [0.3, 0.4) is 0 Å². The van der Waals surface area contributed by atoms with Crippen molar-refractivity contribution in [2.45, 2.75) is 17.9 Å². The van der Waals surface area contributed by atoms with Gasteiger partial charge in [-0.1, -0.05) is 17.8 Å². The van der Waals surface area contributed by atoms with Crippen LogP contribution in [0.4, 0.5) is 0 Å². The van der Waals surface area contributed by atoms with Crippen LogP contribution in [0.25, 0.3) is 11.7 Å². The minimum atomic E-state index is 0.0213. The number of nitrogens with one attached hydrogen (secondary N) is 2. The summed E-state index contributed by atoms with van der Waals surface area (Å²) in [6.07, 6.45) is 6.02. The predicted octanol–water partition coefficient (Wildman–Crippen LogP) is 1.90. The fraction of sp³-hybridized carbons (Fsp3) is 0.375.